The first-order chi connectivity index (χ1) is 4.33. The van der Waals surface area contributed by atoms with Gasteiger partial charge in [0.1, 0.15) is 6.33 Å². The van der Waals surface area contributed by atoms with Crippen LogP contribution in [-0.2, 0) is 4.79 Å². The summed E-state index contributed by atoms with van der Waals surface area (Å²) in [4.78, 5) is 13.3. The highest BCUT2D eigenvalue weighted by Gasteiger charge is 1.93. The molecule has 0 bridgehead atoms. The summed E-state index contributed by atoms with van der Waals surface area (Å²) in [6.45, 7) is 0.294. The van der Waals surface area contributed by atoms with E-state index in [1.54, 1.807) is 0 Å². The zero-order chi connectivity index (χ0) is 6.69. The molecule has 0 amide bonds. The van der Waals surface area contributed by atoms with E-state index in [1.165, 1.54) is 17.2 Å². The molecule has 0 saturated carbocycles. The Bertz CT molecular complexity index is 207. The second kappa shape index (κ2) is 2.17. The van der Waals surface area contributed by atoms with Crippen LogP contribution in [0.1, 0.15) is 0 Å². The average molecular weight is 127 g/mol. The normalized spacial score (nSPS) is 8.89. The van der Waals surface area contributed by atoms with E-state index in [2.05, 4.69) is 9.72 Å². The van der Waals surface area contributed by atoms with Crippen LogP contribution in [0.2, 0.25) is 0 Å². The molecule has 0 atom stereocenters. The largest absolute Gasteiger partial charge is 0.408 e. The molecule has 48 valence electrons. The van der Waals surface area contributed by atoms with E-state index in [9.17, 15) is 4.79 Å². The molecule has 1 aromatic rings. The Morgan fingerprint density at radius 1 is 1.89 bits per heavy atom. The minimum atomic E-state index is 0.201. The fourth-order valence-corrected chi connectivity index (χ4v) is 0.428. The molecule has 0 spiro atoms. The number of nitrogens with two attached hydrogens (primary N) is 1. The van der Waals surface area contributed by atoms with Gasteiger partial charge >= 0.3 is 0 Å². The molecule has 0 unspecified atom stereocenters. The number of carbonyl (C=O) groups is 1. The Morgan fingerprint density at radius 2 is 2.67 bits per heavy atom. The van der Waals surface area contributed by atoms with Gasteiger partial charge < -0.3 is 10.6 Å². The smallest absolute Gasteiger partial charge is 0.299 e. The summed E-state index contributed by atoms with van der Waals surface area (Å²) in [5.41, 5.74) is 0. The Hall–Kier alpha value is -1.52. The van der Waals surface area contributed by atoms with Gasteiger partial charge in [-0.2, -0.15) is 0 Å². The first kappa shape index (κ1) is 5.61. The molecule has 0 saturated heterocycles. The summed E-state index contributed by atoms with van der Waals surface area (Å²) in [5, 5.41) is 0. The van der Waals surface area contributed by atoms with E-state index in [0.717, 1.165) is 0 Å². The highest BCUT2D eigenvalue weighted by Crippen LogP contribution is 2.00. The minimum Gasteiger partial charge on any atom is -0.408 e. The SMILES string of the molecule is Nn1cnc(OC=O)c1. The Balaban J connectivity index is 2.72. The Labute approximate surface area is 51.0 Å². The van der Waals surface area contributed by atoms with Crippen molar-refractivity contribution >= 4 is 6.47 Å². The standard InChI is InChI=1S/C4H5N3O2/c5-7-1-4(6-2-7)9-3-8/h1-3H,5H2. The molecule has 0 aliphatic heterocycles. The summed E-state index contributed by atoms with van der Waals surface area (Å²) in [6, 6.07) is 0. The molecule has 5 heteroatoms. The van der Waals surface area contributed by atoms with Crippen LogP contribution in [0.25, 0.3) is 0 Å². The van der Waals surface area contributed by atoms with Gasteiger partial charge in [-0.25, -0.2) is 4.98 Å². The highest BCUT2D eigenvalue weighted by molar-refractivity contribution is 5.42. The second-order valence-corrected chi connectivity index (χ2v) is 1.37. The predicted molar refractivity (Wildman–Crippen MR) is 29.1 cm³/mol. The molecule has 2 N–H and O–H groups in total. The molecule has 9 heavy (non-hydrogen) atoms. The third-order valence-corrected chi connectivity index (χ3v) is 0.747. The van der Waals surface area contributed by atoms with Crippen LogP contribution in [0.5, 0.6) is 5.88 Å². The van der Waals surface area contributed by atoms with Crippen molar-refractivity contribution in [3.8, 4) is 5.88 Å². The molecular formula is C4H5N3O2. The lowest BCUT2D eigenvalue weighted by Crippen LogP contribution is -2.02. The van der Waals surface area contributed by atoms with Crippen LogP contribution in [-0.4, -0.2) is 16.1 Å². The van der Waals surface area contributed by atoms with Crippen LogP contribution in [0.15, 0.2) is 12.5 Å². The lowest BCUT2D eigenvalue weighted by molar-refractivity contribution is -0.120. The van der Waals surface area contributed by atoms with Crippen LogP contribution in [0.3, 0.4) is 0 Å². The van der Waals surface area contributed by atoms with Gasteiger partial charge in [0.25, 0.3) is 6.47 Å². The summed E-state index contributed by atoms with van der Waals surface area (Å²) < 4.78 is 5.53. The number of nitrogen functional groups attached to an aromatic ring is 1. The zero-order valence-electron chi connectivity index (χ0n) is 4.52. The van der Waals surface area contributed by atoms with Crippen molar-refractivity contribution in [3.05, 3.63) is 12.5 Å². The van der Waals surface area contributed by atoms with Crippen molar-refractivity contribution in [2.24, 2.45) is 0 Å². The van der Waals surface area contributed by atoms with Crippen LogP contribution < -0.4 is 10.6 Å². The highest BCUT2D eigenvalue weighted by atomic mass is 16.5. The van der Waals surface area contributed by atoms with Gasteiger partial charge in [0.05, 0.1) is 6.20 Å². The molecule has 0 radical (unpaired) electrons. The fraction of sp³-hybridized carbons (Fsp3) is 0. The molecule has 0 aromatic carbocycles. The minimum absolute atomic E-state index is 0.201. The maximum absolute atomic E-state index is 9.67. The lowest BCUT2D eigenvalue weighted by Gasteiger charge is -1.84. The number of ether oxygens (including phenoxy) is 1. The van der Waals surface area contributed by atoms with Gasteiger partial charge in [0, 0.05) is 0 Å². The second-order valence-electron chi connectivity index (χ2n) is 1.37. The molecule has 0 fully saturated rings. The van der Waals surface area contributed by atoms with Gasteiger partial charge in [-0.3, -0.25) is 9.47 Å². The summed E-state index contributed by atoms with van der Waals surface area (Å²) >= 11 is 0. The van der Waals surface area contributed by atoms with Crippen molar-refractivity contribution in [1.82, 2.24) is 9.66 Å². The van der Waals surface area contributed by atoms with Gasteiger partial charge in [0.2, 0.25) is 5.88 Å². The van der Waals surface area contributed by atoms with Crippen LogP contribution >= 0.6 is 0 Å². The monoisotopic (exact) mass is 127 g/mol. The molecule has 5 nitrogen and oxygen atoms in total. The van der Waals surface area contributed by atoms with Gasteiger partial charge in [-0.1, -0.05) is 0 Å². The molecule has 1 aromatic heterocycles. The Morgan fingerprint density at radius 3 is 3.11 bits per heavy atom. The van der Waals surface area contributed by atoms with E-state index in [0.29, 0.717) is 6.47 Å². The topological polar surface area (TPSA) is 70.1 Å². The van der Waals surface area contributed by atoms with Crippen molar-refractivity contribution in [3.63, 3.8) is 0 Å². The van der Waals surface area contributed by atoms with Gasteiger partial charge in [0.15, 0.2) is 0 Å². The number of hydrogen-bond donors (Lipinski definition) is 1. The molecule has 1 rings (SSSR count). The van der Waals surface area contributed by atoms with Gasteiger partial charge in [-0.05, 0) is 0 Å². The first-order valence-electron chi connectivity index (χ1n) is 2.22. The fourth-order valence-electron chi connectivity index (χ4n) is 0.428. The number of hydrogen-bond acceptors (Lipinski definition) is 4. The van der Waals surface area contributed by atoms with Crippen molar-refractivity contribution < 1.29 is 9.53 Å². The maximum Gasteiger partial charge on any atom is 0.299 e. The number of imidazole rings is 1. The number of carbonyl (C=O) groups excluding carboxylic acids is 1. The zero-order valence-corrected chi connectivity index (χ0v) is 4.52. The third-order valence-electron chi connectivity index (χ3n) is 0.747. The molecule has 1 heterocycles. The van der Waals surface area contributed by atoms with E-state index in [4.69, 9.17) is 5.84 Å². The van der Waals surface area contributed by atoms with Crippen LogP contribution in [0, 0.1) is 0 Å². The van der Waals surface area contributed by atoms with E-state index in [1.807, 2.05) is 0 Å². The molecular weight excluding hydrogens is 122 g/mol. The average Bonchev–Trinajstić information content (AvgIpc) is 2.17. The van der Waals surface area contributed by atoms with E-state index < -0.39 is 0 Å². The molecule has 0 aliphatic rings. The van der Waals surface area contributed by atoms with Crippen molar-refractivity contribution in [2.45, 2.75) is 0 Å². The first-order valence-corrected chi connectivity index (χ1v) is 2.22. The summed E-state index contributed by atoms with van der Waals surface area (Å²) in [5.74, 6) is 5.37. The summed E-state index contributed by atoms with van der Waals surface area (Å²) in [7, 11) is 0. The lowest BCUT2D eigenvalue weighted by atomic mass is 10.8. The third kappa shape index (κ3) is 1.18. The number of rotatable bonds is 2. The quantitative estimate of drug-likeness (QED) is 0.414. The molecule has 0 aliphatic carbocycles. The Kier molecular flexibility index (Phi) is 1.35. The maximum atomic E-state index is 9.67. The van der Waals surface area contributed by atoms with Gasteiger partial charge in [-0.15, -0.1) is 0 Å². The number of aromatic nitrogens is 2. The predicted octanol–water partition coefficient (Wildman–Crippen LogP) is -0.868. The van der Waals surface area contributed by atoms with Crippen molar-refractivity contribution in [1.29, 1.82) is 0 Å². The van der Waals surface area contributed by atoms with E-state index in [-0.39, 0.29) is 5.88 Å². The summed E-state index contributed by atoms with van der Waals surface area (Å²) in [6.07, 6.45) is 2.72. The van der Waals surface area contributed by atoms with Crippen molar-refractivity contribution in [2.75, 3.05) is 5.84 Å². The number of nitrogens with zero attached hydrogens (tertiary/aromatic N) is 2. The van der Waals surface area contributed by atoms with E-state index >= 15 is 0 Å². The van der Waals surface area contributed by atoms with Crippen LogP contribution in [0.4, 0.5) is 0 Å².